The molecule has 1 N–H and O–H groups in total. The fraction of sp³-hybridized carbons (Fsp3) is 0.571. The Labute approximate surface area is 98.0 Å². The SMILES string of the molecule is Cc1cc(C(C)(C)C)cc2c1OCCCN2. The van der Waals surface area contributed by atoms with E-state index < -0.39 is 0 Å². The molecule has 1 aromatic carbocycles. The van der Waals surface area contributed by atoms with Crippen molar-refractivity contribution in [1.82, 2.24) is 0 Å². The third-order valence-electron chi connectivity index (χ3n) is 3.02. The molecular formula is C14H21NO. The third-order valence-corrected chi connectivity index (χ3v) is 3.02. The number of hydrogen-bond acceptors (Lipinski definition) is 2. The van der Waals surface area contributed by atoms with E-state index in [1.165, 1.54) is 11.1 Å². The van der Waals surface area contributed by atoms with Crippen molar-refractivity contribution in [3.05, 3.63) is 23.3 Å². The number of aryl methyl sites for hydroxylation is 1. The number of nitrogens with one attached hydrogen (secondary N) is 1. The fourth-order valence-electron chi connectivity index (χ4n) is 2.00. The molecule has 2 heteroatoms. The summed E-state index contributed by atoms with van der Waals surface area (Å²) in [6.45, 7) is 10.7. The lowest BCUT2D eigenvalue weighted by Gasteiger charge is -2.22. The van der Waals surface area contributed by atoms with Crippen molar-refractivity contribution in [3.8, 4) is 5.75 Å². The van der Waals surface area contributed by atoms with Crippen molar-refractivity contribution in [1.29, 1.82) is 0 Å². The first-order valence-electron chi connectivity index (χ1n) is 6.00. The lowest BCUT2D eigenvalue weighted by atomic mass is 9.85. The van der Waals surface area contributed by atoms with E-state index in [0.29, 0.717) is 0 Å². The van der Waals surface area contributed by atoms with Gasteiger partial charge in [-0.15, -0.1) is 0 Å². The lowest BCUT2D eigenvalue weighted by molar-refractivity contribution is 0.320. The molecule has 16 heavy (non-hydrogen) atoms. The number of rotatable bonds is 0. The molecule has 2 nitrogen and oxygen atoms in total. The predicted molar refractivity (Wildman–Crippen MR) is 68.5 cm³/mol. The van der Waals surface area contributed by atoms with Crippen molar-refractivity contribution in [2.45, 2.75) is 39.5 Å². The van der Waals surface area contributed by atoms with Crippen LogP contribution in [0.25, 0.3) is 0 Å². The van der Waals surface area contributed by atoms with Gasteiger partial charge in [0.05, 0.1) is 12.3 Å². The maximum absolute atomic E-state index is 5.78. The van der Waals surface area contributed by atoms with Gasteiger partial charge >= 0.3 is 0 Å². The second kappa shape index (κ2) is 4.00. The molecule has 0 saturated heterocycles. The maximum atomic E-state index is 5.78. The van der Waals surface area contributed by atoms with E-state index >= 15 is 0 Å². The van der Waals surface area contributed by atoms with Crippen LogP contribution in [-0.2, 0) is 5.41 Å². The van der Waals surface area contributed by atoms with E-state index in [9.17, 15) is 0 Å². The molecule has 1 aliphatic rings. The van der Waals surface area contributed by atoms with Gasteiger partial charge in [-0.3, -0.25) is 0 Å². The Morgan fingerprint density at radius 3 is 2.69 bits per heavy atom. The normalized spacial score (nSPS) is 15.8. The van der Waals surface area contributed by atoms with Gasteiger partial charge < -0.3 is 10.1 Å². The maximum Gasteiger partial charge on any atom is 0.145 e. The van der Waals surface area contributed by atoms with Crippen LogP contribution in [-0.4, -0.2) is 13.2 Å². The van der Waals surface area contributed by atoms with Crippen LogP contribution in [0.5, 0.6) is 5.75 Å². The fourth-order valence-corrected chi connectivity index (χ4v) is 2.00. The molecule has 0 radical (unpaired) electrons. The van der Waals surface area contributed by atoms with Crippen molar-refractivity contribution in [3.63, 3.8) is 0 Å². The smallest absolute Gasteiger partial charge is 0.145 e. The summed E-state index contributed by atoms with van der Waals surface area (Å²) in [5.41, 5.74) is 3.94. The monoisotopic (exact) mass is 219 g/mol. The molecule has 1 aromatic rings. The predicted octanol–water partition coefficient (Wildman–Crippen LogP) is 3.49. The molecule has 2 rings (SSSR count). The second-order valence-electron chi connectivity index (χ2n) is 5.55. The Balaban J connectivity index is 2.48. The van der Waals surface area contributed by atoms with Gasteiger partial charge in [0.15, 0.2) is 0 Å². The molecule has 0 spiro atoms. The minimum Gasteiger partial charge on any atom is -0.491 e. The first-order chi connectivity index (χ1) is 7.48. The molecule has 0 unspecified atom stereocenters. The summed E-state index contributed by atoms with van der Waals surface area (Å²) >= 11 is 0. The average molecular weight is 219 g/mol. The molecule has 0 aliphatic carbocycles. The van der Waals surface area contributed by atoms with Gasteiger partial charge in [-0.1, -0.05) is 26.8 Å². The van der Waals surface area contributed by atoms with Gasteiger partial charge in [-0.05, 0) is 36.0 Å². The van der Waals surface area contributed by atoms with Crippen LogP contribution in [0.1, 0.15) is 38.3 Å². The number of hydrogen-bond donors (Lipinski definition) is 1. The summed E-state index contributed by atoms with van der Waals surface area (Å²) in [4.78, 5) is 0. The molecule has 0 atom stereocenters. The average Bonchev–Trinajstić information content (AvgIpc) is 2.41. The van der Waals surface area contributed by atoms with Crippen molar-refractivity contribution in [2.24, 2.45) is 0 Å². The van der Waals surface area contributed by atoms with Crippen LogP contribution < -0.4 is 10.1 Å². The van der Waals surface area contributed by atoms with E-state index in [1.807, 2.05) is 0 Å². The Morgan fingerprint density at radius 1 is 1.25 bits per heavy atom. The van der Waals surface area contributed by atoms with Gasteiger partial charge in [0, 0.05) is 6.54 Å². The van der Waals surface area contributed by atoms with Crippen LogP contribution in [0, 0.1) is 6.92 Å². The first kappa shape index (κ1) is 11.3. The van der Waals surface area contributed by atoms with Crippen molar-refractivity contribution in [2.75, 3.05) is 18.5 Å². The van der Waals surface area contributed by atoms with Gasteiger partial charge in [0.2, 0.25) is 0 Å². The summed E-state index contributed by atoms with van der Waals surface area (Å²) in [5.74, 6) is 1.03. The molecule has 0 aromatic heterocycles. The molecule has 0 fully saturated rings. The van der Waals surface area contributed by atoms with E-state index in [4.69, 9.17) is 4.74 Å². The number of anilines is 1. The largest absolute Gasteiger partial charge is 0.491 e. The van der Waals surface area contributed by atoms with Gasteiger partial charge in [0.25, 0.3) is 0 Å². The quantitative estimate of drug-likeness (QED) is 0.721. The lowest BCUT2D eigenvalue weighted by Crippen LogP contribution is -2.12. The topological polar surface area (TPSA) is 21.3 Å². The Morgan fingerprint density at radius 2 is 2.00 bits per heavy atom. The minimum atomic E-state index is 0.188. The van der Waals surface area contributed by atoms with Crippen LogP contribution >= 0.6 is 0 Å². The second-order valence-corrected chi connectivity index (χ2v) is 5.55. The molecular weight excluding hydrogens is 198 g/mol. The number of benzene rings is 1. The van der Waals surface area contributed by atoms with Crippen LogP contribution in [0.15, 0.2) is 12.1 Å². The van der Waals surface area contributed by atoms with Crippen LogP contribution in [0.4, 0.5) is 5.69 Å². The van der Waals surface area contributed by atoms with E-state index in [2.05, 4.69) is 45.1 Å². The summed E-state index contributed by atoms with van der Waals surface area (Å²) in [7, 11) is 0. The highest BCUT2D eigenvalue weighted by Crippen LogP contribution is 2.35. The molecule has 88 valence electrons. The molecule has 0 saturated carbocycles. The summed E-state index contributed by atoms with van der Waals surface area (Å²) in [6.07, 6.45) is 1.07. The molecule has 1 aliphatic heterocycles. The Hall–Kier alpha value is -1.18. The minimum absolute atomic E-state index is 0.188. The highest BCUT2D eigenvalue weighted by molar-refractivity contribution is 5.63. The number of ether oxygens (including phenoxy) is 1. The highest BCUT2D eigenvalue weighted by Gasteiger charge is 2.19. The Kier molecular flexibility index (Phi) is 2.83. The summed E-state index contributed by atoms with van der Waals surface area (Å²) < 4.78 is 5.78. The first-order valence-corrected chi connectivity index (χ1v) is 6.00. The van der Waals surface area contributed by atoms with E-state index in [-0.39, 0.29) is 5.41 Å². The van der Waals surface area contributed by atoms with E-state index in [0.717, 1.165) is 31.0 Å². The van der Waals surface area contributed by atoms with Gasteiger partial charge in [0.1, 0.15) is 5.75 Å². The summed E-state index contributed by atoms with van der Waals surface area (Å²) in [6, 6.07) is 4.47. The number of fused-ring (bicyclic) bond motifs is 1. The molecule has 1 heterocycles. The zero-order chi connectivity index (χ0) is 11.8. The van der Waals surface area contributed by atoms with Crippen LogP contribution in [0.3, 0.4) is 0 Å². The third kappa shape index (κ3) is 2.16. The van der Waals surface area contributed by atoms with Crippen molar-refractivity contribution < 1.29 is 4.74 Å². The van der Waals surface area contributed by atoms with Gasteiger partial charge in [-0.2, -0.15) is 0 Å². The molecule has 0 amide bonds. The van der Waals surface area contributed by atoms with Crippen LogP contribution in [0.2, 0.25) is 0 Å². The van der Waals surface area contributed by atoms with Crippen molar-refractivity contribution >= 4 is 5.69 Å². The zero-order valence-corrected chi connectivity index (χ0v) is 10.7. The van der Waals surface area contributed by atoms with Gasteiger partial charge in [-0.25, -0.2) is 0 Å². The summed E-state index contributed by atoms with van der Waals surface area (Å²) in [5, 5.41) is 3.45. The highest BCUT2D eigenvalue weighted by atomic mass is 16.5. The van der Waals surface area contributed by atoms with E-state index in [1.54, 1.807) is 0 Å². The standard InChI is InChI=1S/C14H21NO/c1-10-8-11(14(2,3)4)9-12-13(10)16-7-5-6-15-12/h8-9,15H,5-7H2,1-4H3. The zero-order valence-electron chi connectivity index (χ0n) is 10.7. The Bertz CT molecular complexity index is 390. The molecule has 0 bridgehead atoms.